The zero-order valence-electron chi connectivity index (χ0n) is 19.8. The van der Waals surface area contributed by atoms with E-state index in [2.05, 4.69) is 35.4 Å². The fourth-order valence-electron chi connectivity index (χ4n) is 3.48. The van der Waals surface area contributed by atoms with E-state index in [0.717, 1.165) is 22.7 Å². The molecule has 6 heteroatoms. The molecular weight excluding hydrogens is 448 g/mol. The van der Waals surface area contributed by atoms with E-state index < -0.39 is 5.41 Å². The van der Waals surface area contributed by atoms with Gasteiger partial charge in [0, 0.05) is 40.4 Å². The van der Waals surface area contributed by atoms with Crippen LogP contribution in [0.15, 0.2) is 91.3 Å². The van der Waals surface area contributed by atoms with Gasteiger partial charge in [0.05, 0.1) is 5.69 Å². The van der Waals surface area contributed by atoms with Crippen molar-refractivity contribution in [1.82, 2.24) is 0 Å². The van der Waals surface area contributed by atoms with E-state index in [1.807, 2.05) is 44.2 Å². The highest BCUT2D eigenvalue weighted by Crippen LogP contribution is 2.34. The van der Waals surface area contributed by atoms with Gasteiger partial charge in [-0.15, -0.1) is 0 Å². The molecule has 0 radical (unpaired) electrons. The van der Waals surface area contributed by atoms with Gasteiger partial charge in [0.15, 0.2) is 0 Å². The maximum Gasteiger partial charge on any atom is 0.146 e. The van der Waals surface area contributed by atoms with Crippen LogP contribution in [0.4, 0.5) is 25.8 Å². The molecule has 0 saturated carbocycles. The zero-order chi connectivity index (χ0) is 24.7. The molecule has 3 N–H and O–H groups in total. The molecule has 34 heavy (non-hydrogen) atoms. The van der Waals surface area contributed by atoms with Gasteiger partial charge in [0.1, 0.15) is 11.6 Å². The Labute approximate surface area is 205 Å². The molecule has 0 aliphatic heterocycles. The van der Waals surface area contributed by atoms with E-state index in [-0.39, 0.29) is 11.6 Å². The van der Waals surface area contributed by atoms with E-state index in [1.165, 1.54) is 12.1 Å². The molecule has 3 aromatic rings. The molecule has 3 nitrogen and oxygen atoms in total. The molecule has 178 valence electrons. The Balaban J connectivity index is 1.65. The van der Waals surface area contributed by atoms with Gasteiger partial charge in [0.2, 0.25) is 0 Å². The average Bonchev–Trinajstić information content (AvgIpc) is 2.80. The van der Waals surface area contributed by atoms with Crippen LogP contribution >= 0.6 is 11.9 Å². The van der Waals surface area contributed by atoms with Crippen molar-refractivity contribution >= 4 is 29.0 Å². The molecule has 0 saturated heterocycles. The highest BCUT2D eigenvalue weighted by atomic mass is 32.2. The number of para-hydroxylation sites is 1. The molecule has 0 aromatic heterocycles. The molecule has 0 aliphatic rings. The van der Waals surface area contributed by atoms with Crippen LogP contribution in [0.25, 0.3) is 0 Å². The van der Waals surface area contributed by atoms with Gasteiger partial charge in [-0.2, -0.15) is 0 Å². The summed E-state index contributed by atoms with van der Waals surface area (Å²) in [7, 11) is 0. The first-order chi connectivity index (χ1) is 16.2. The van der Waals surface area contributed by atoms with Crippen LogP contribution in [0, 0.1) is 11.6 Å². The van der Waals surface area contributed by atoms with Crippen LogP contribution in [0.5, 0.6) is 0 Å². The van der Waals surface area contributed by atoms with Crippen LogP contribution in [-0.4, -0.2) is 5.75 Å². The predicted octanol–water partition coefficient (Wildman–Crippen LogP) is 8.12. The minimum Gasteiger partial charge on any atom is -0.359 e. The number of anilines is 3. The lowest BCUT2D eigenvalue weighted by molar-refractivity contribution is 0.543. The van der Waals surface area contributed by atoms with Crippen molar-refractivity contribution in [3.8, 4) is 0 Å². The second-order valence-corrected chi connectivity index (χ2v) is 9.61. The number of allylic oxidation sites excluding steroid dienone is 2. The van der Waals surface area contributed by atoms with Gasteiger partial charge in [-0.3, -0.25) is 0 Å². The summed E-state index contributed by atoms with van der Waals surface area (Å²) in [6, 6.07) is 19.5. The van der Waals surface area contributed by atoms with Crippen LogP contribution in [0.2, 0.25) is 0 Å². The Morgan fingerprint density at radius 2 is 1.56 bits per heavy atom. The van der Waals surface area contributed by atoms with Crippen molar-refractivity contribution in [2.75, 3.05) is 21.1 Å². The van der Waals surface area contributed by atoms with Gasteiger partial charge in [-0.05, 0) is 47.5 Å². The fourth-order valence-corrected chi connectivity index (χ4v) is 3.93. The first-order valence-corrected chi connectivity index (χ1v) is 12.1. The number of nitrogens with one attached hydrogen (secondary N) is 3. The number of hydrogen-bond acceptors (Lipinski definition) is 4. The second-order valence-electron chi connectivity index (χ2n) is 8.54. The molecular formula is C28H31F2N3S. The number of halogens is 2. The molecule has 0 unspecified atom stereocenters. The van der Waals surface area contributed by atoms with Crippen molar-refractivity contribution in [3.05, 3.63) is 114 Å². The average molecular weight is 480 g/mol. The van der Waals surface area contributed by atoms with Crippen molar-refractivity contribution in [3.63, 3.8) is 0 Å². The lowest BCUT2D eigenvalue weighted by Gasteiger charge is -2.29. The summed E-state index contributed by atoms with van der Waals surface area (Å²) >= 11 is 1.65. The van der Waals surface area contributed by atoms with Crippen molar-refractivity contribution < 1.29 is 8.78 Å². The predicted molar refractivity (Wildman–Crippen MR) is 143 cm³/mol. The molecule has 3 aromatic carbocycles. The van der Waals surface area contributed by atoms with Gasteiger partial charge in [-0.1, -0.05) is 76.2 Å². The summed E-state index contributed by atoms with van der Waals surface area (Å²) in [5.74, 6) is 0.234. The zero-order valence-corrected chi connectivity index (χ0v) is 20.7. The van der Waals surface area contributed by atoms with E-state index >= 15 is 4.39 Å². The Hall–Kier alpha value is -3.25. The van der Waals surface area contributed by atoms with Crippen LogP contribution < -0.4 is 15.4 Å². The normalized spacial score (nSPS) is 11.1. The third-order valence-electron chi connectivity index (χ3n) is 5.58. The summed E-state index contributed by atoms with van der Waals surface area (Å²) < 4.78 is 32.4. The minimum atomic E-state index is -0.770. The summed E-state index contributed by atoms with van der Waals surface area (Å²) in [5, 5.41) is 6.19. The van der Waals surface area contributed by atoms with Gasteiger partial charge >= 0.3 is 0 Å². The lowest BCUT2D eigenvalue weighted by atomic mass is 9.81. The summed E-state index contributed by atoms with van der Waals surface area (Å²) in [5.41, 5.74) is 4.05. The lowest BCUT2D eigenvalue weighted by Crippen LogP contribution is -2.26. The van der Waals surface area contributed by atoms with Crippen LogP contribution in [0.3, 0.4) is 0 Å². The SMILES string of the molecule is C=C(Cc1ccc(NSCC)cc1)Nc1ccc(C(C)(C)C(=C)Nc2ccccc2F)c(F)c1. The van der Waals surface area contributed by atoms with Gasteiger partial charge in [-0.25, -0.2) is 8.78 Å². The Morgan fingerprint density at radius 1 is 0.882 bits per heavy atom. The smallest absolute Gasteiger partial charge is 0.146 e. The largest absolute Gasteiger partial charge is 0.359 e. The molecule has 0 atom stereocenters. The minimum absolute atomic E-state index is 0.309. The molecule has 0 spiro atoms. The summed E-state index contributed by atoms with van der Waals surface area (Å²) in [6.07, 6.45) is 0.624. The quantitative estimate of drug-likeness (QED) is 0.243. The van der Waals surface area contributed by atoms with Crippen LogP contribution in [-0.2, 0) is 11.8 Å². The van der Waals surface area contributed by atoms with E-state index in [1.54, 1.807) is 36.2 Å². The first kappa shape index (κ1) is 25.4. The maximum atomic E-state index is 15.1. The maximum absolute atomic E-state index is 15.1. The highest BCUT2D eigenvalue weighted by Gasteiger charge is 2.28. The second kappa shape index (κ2) is 11.3. The van der Waals surface area contributed by atoms with E-state index in [9.17, 15) is 4.39 Å². The summed E-state index contributed by atoms with van der Waals surface area (Å²) in [6.45, 7) is 13.9. The first-order valence-electron chi connectivity index (χ1n) is 11.1. The molecule has 3 rings (SSSR count). The van der Waals surface area contributed by atoms with Gasteiger partial charge in [0.25, 0.3) is 0 Å². The summed E-state index contributed by atoms with van der Waals surface area (Å²) in [4.78, 5) is 0. The number of hydrogen-bond donors (Lipinski definition) is 3. The van der Waals surface area contributed by atoms with Crippen molar-refractivity contribution in [2.45, 2.75) is 32.6 Å². The molecule has 0 aliphatic carbocycles. The van der Waals surface area contributed by atoms with Crippen LogP contribution in [0.1, 0.15) is 31.9 Å². The molecule has 0 bridgehead atoms. The van der Waals surface area contributed by atoms with E-state index in [4.69, 9.17) is 0 Å². The van der Waals surface area contributed by atoms with Crippen molar-refractivity contribution in [1.29, 1.82) is 0 Å². The Bertz CT molecular complexity index is 1160. The fraction of sp³-hybridized carbons (Fsp3) is 0.214. The molecule has 0 amide bonds. The standard InChI is InChI=1S/C28H31F2N3S/c1-6-34-33-22-13-11-21(12-14-22)17-19(2)31-23-15-16-24(26(30)18-23)28(4,5)20(3)32-27-10-8-7-9-25(27)29/h7-16,18,31-33H,2-3,6,17H2,1,4-5H3. The highest BCUT2D eigenvalue weighted by molar-refractivity contribution is 8.00. The number of benzene rings is 3. The molecule has 0 heterocycles. The number of rotatable bonds is 11. The Kier molecular flexibility index (Phi) is 8.40. The topological polar surface area (TPSA) is 36.1 Å². The Morgan fingerprint density at radius 3 is 2.21 bits per heavy atom. The van der Waals surface area contributed by atoms with E-state index in [0.29, 0.717) is 29.1 Å². The third-order valence-corrected chi connectivity index (χ3v) is 6.25. The third kappa shape index (κ3) is 6.41. The monoisotopic (exact) mass is 479 g/mol. The van der Waals surface area contributed by atoms with Crippen molar-refractivity contribution in [2.24, 2.45) is 0 Å². The van der Waals surface area contributed by atoms with Gasteiger partial charge < -0.3 is 15.4 Å². The molecule has 0 fully saturated rings.